The number of hydrogen-bond acceptors (Lipinski definition) is 3. The predicted octanol–water partition coefficient (Wildman–Crippen LogP) is 3.75. The number of H-pyrrole nitrogens is 1. The van der Waals surface area contributed by atoms with Gasteiger partial charge in [0, 0.05) is 33.3 Å². The maximum absolute atomic E-state index is 12.7. The Bertz CT molecular complexity index is 962. The molecule has 0 radical (unpaired) electrons. The van der Waals surface area contributed by atoms with Gasteiger partial charge in [-0.05, 0) is 34.1 Å². The van der Waals surface area contributed by atoms with Crippen LogP contribution in [0.3, 0.4) is 0 Å². The van der Waals surface area contributed by atoms with Gasteiger partial charge in [-0.2, -0.15) is 0 Å². The van der Waals surface area contributed by atoms with Crippen molar-refractivity contribution >= 4 is 50.0 Å². The molecule has 0 unspecified atom stereocenters. The summed E-state index contributed by atoms with van der Waals surface area (Å²) in [5, 5.41) is 1.19. The molecule has 0 fully saturated rings. The van der Waals surface area contributed by atoms with Gasteiger partial charge in [-0.1, -0.05) is 11.6 Å². The number of fused-ring (bicyclic) bond motifs is 4. The minimum absolute atomic E-state index is 0.201. The van der Waals surface area contributed by atoms with E-state index < -0.39 is 0 Å². The van der Waals surface area contributed by atoms with Crippen LogP contribution in [0.15, 0.2) is 35.1 Å². The topological polar surface area (TPSA) is 62.8 Å². The molecule has 1 aliphatic rings. The maximum Gasteiger partial charge on any atom is 0.210 e. The number of hydrogen-bond donors (Lipinski definition) is 1. The standard InChI is InChI=1S/C15H6BrClN2O2/c16-9-3-7-11(4-10(9)17)19-13-12(7)14(20)8-5-18-2-1-6(8)15(13)21/h1-5,19H. The van der Waals surface area contributed by atoms with Crippen molar-refractivity contribution in [3.63, 3.8) is 0 Å². The predicted molar refractivity (Wildman–Crippen MR) is 82.1 cm³/mol. The molecule has 2 aromatic heterocycles. The fraction of sp³-hybridized carbons (Fsp3) is 0. The fourth-order valence-electron chi connectivity index (χ4n) is 2.64. The first-order chi connectivity index (χ1) is 10.1. The zero-order chi connectivity index (χ0) is 14.7. The lowest BCUT2D eigenvalue weighted by Gasteiger charge is -2.13. The van der Waals surface area contributed by atoms with E-state index in [1.165, 1.54) is 12.4 Å². The first-order valence-corrected chi connectivity index (χ1v) is 7.29. The van der Waals surface area contributed by atoms with E-state index in [4.69, 9.17) is 11.6 Å². The molecule has 3 aromatic rings. The molecule has 0 atom stereocenters. The van der Waals surface area contributed by atoms with E-state index in [0.717, 1.165) is 0 Å². The van der Waals surface area contributed by atoms with E-state index >= 15 is 0 Å². The van der Waals surface area contributed by atoms with Crippen molar-refractivity contribution in [2.75, 3.05) is 0 Å². The van der Waals surface area contributed by atoms with Crippen LogP contribution in [0.4, 0.5) is 0 Å². The van der Waals surface area contributed by atoms with Crippen LogP contribution < -0.4 is 0 Å². The Hall–Kier alpha value is -1.98. The summed E-state index contributed by atoms with van der Waals surface area (Å²) in [6.07, 6.45) is 2.94. The third kappa shape index (κ3) is 1.65. The smallest absolute Gasteiger partial charge is 0.210 e. The monoisotopic (exact) mass is 360 g/mol. The van der Waals surface area contributed by atoms with Crippen molar-refractivity contribution < 1.29 is 9.59 Å². The highest BCUT2D eigenvalue weighted by Gasteiger charge is 2.33. The molecular formula is C15H6BrClN2O2. The average Bonchev–Trinajstić information content (AvgIpc) is 2.84. The lowest BCUT2D eigenvalue weighted by molar-refractivity contribution is 0.0977. The fourth-order valence-corrected chi connectivity index (χ4v) is 3.14. The summed E-state index contributed by atoms with van der Waals surface area (Å²) in [7, 11) is 0. The van der Waals surface area contributed by atoms with Crippen molar-refractivity contribution in [1.29, 1.82) is 0 Å². The Morgan fingerprint density at radius 1 is 1.14 bits per heavy atom. The van der Waals surface area contributed by atoms with Crippen LogP contribution in [0, 0.1) is 0 Å². The zero-order valence-electron chi connectivity index (χ0n) is 10.4. The Balaban J connectivity index is 2.11. The molecule has 0 bridgehead atoms. The van der Waals surface area contributed by atoms with Gasteiger partial charge in [0.1, 0.15) is 0 Å². The van der Waals surface area contributed by atoms with Crippen molar-refractivity contribution in [1.82, 2.24) is 9.97 Å². The lowest BCUT2D eigenvalue weighted by Crippen LogP contribution is -2.20. The van der Waals surface area contributed by atoms with Crippen LogP contribution in [0.5, 0.6) is 0 Å². The lowest BCUT2D eigenvalue weighted by atomic mass is 9.88. The van der Waals surface area contributed by atoms with Gasteiger partial charge < -0.3 is 4.98 Å². The number of ketones is 2. The molecule has 0 amide bonds. The Morgan fingerprint density at radius 3 is 2.76 bits per heavy atom. The Kier molecular flexibility index (Phi) is 2.58. The highest BCUT2D eigenvalue weighted by molar-refractivity contribution is 9.10. The number of rotatable bonds is 0. The molecule has 0 aliphatic heterocycles. The largest absolute Gasteiger partial charge is 0.351 e. The number of carbonyl (C=O) groups is 2. The molecule has 0 spiro atoms. The van der Waals surface area contributed by atoms with E-state index in [-0.39, 0.29) is 11.6 Å². The number of nitrogens with zero attached hydrogens (tertiary/aromatic N) is 1. The highest BCUT2D eigenvalue weighted by atomic mass is 79.9. The van der Waals surface area contributed by atoms with Crippen LogP contribution in [-0.2, 0) is 0 Å². The molecule has 1 aliphatic carbocycles. The van der Waals surface area contributed by atoms with E-state index in [9.17, 15) is 9.59 Å². The number of carbonyl (C=O) groups excluding carboxylic acids is 2. The van der Waals surface area contributed by atoms with Crippen molar-refractivity contribution in [3.05, 3.63) is 62.5 Å². The second kappa shape index (κ2) is 4.26. The SMILES string of the molecule is O=C1c2ccncc2C(=O)c2c1[nH]c1cc(Cl)c(Br)cc21. The molecule has 2 heterocycles. The number of benzene rings is 1. The van der Waals surface area contributed by atoms with Crippen molar-refractivity contribution in [2.24, 2.45) is 0 Å². The number of pyridine rings is 1. The molecule has 4 nitrogen and oxygen atoms in total. The summed E-state index contributed by atoms with van der Waals surface area (Å²) in [6, 6.07) is 5.01. The minimum atomic E-state index is -0.203. The summed E-state index contributed by atoms with van der Waals surface area (Å²) in [4.78, 5) is 32.1. The number of nitrogens with one attached hydrogen (secondary N) is 1. The molecule has 6 heteroatoms. The normalized spacial score (nSPS) is 13.4. The van der Waals surface area contributed by atoms with Crippen LogP contribution in [-0.4, -0.2) is 21.5 Å². The first kappa shape index (κ1) is 12.7. The van der Waals surface area contributed by atoms with Gasteiger partial charge in [0.05, 0.1) is 21.8 Å². The van der Waals surface area contributed by atoms with E-state index in [1.807, 2.05) is 0 Å². The van der Waals surface area contributed by atoms with Gasteiger partial charge in [0.25, 0.3) is 0 Å². The third-order valence-corrected chi connectivity index (χ3v) is 4.80. The minimum Gasteiger partial charge on any atom is -0.351 e. The van der Waals surface area contributed by atoms with Crippen molar-refractivity contribution in [3.8, 4) is 0 Å². The van der Waals surface area contributed by atoms with Crippen molar-refractivity contribution in [2.45, 2.75) is 0 Å². The first-order valence-electron chi connectivity index (χ1n) is 6.12. The van der Waals surface area contributed by atoms with Gasteiger partial charge in [-0.3, -0.25) is 14.6 Å². The summed E-state index contributed by atoms with van der Waals surface area (Å²) in [6.45, 7) is 0. The average molecular weight is 362 g/mol. The maximum atomic E-state index is 12.7. The molecule has 21 heavy (non-hydrogen) atoms. The summed E-state index contributed by atoms with van der Waals surface area (Å²) < 4.78 is 0.677. The summed E-state index contributed by atoms with van der Waals surface area (Å²) >= 11 is 9.41. The van der Waals surface area contributed by atoms with Crippen LogP contribution in [0.1, 0.15) is 32.0 Å². The van der Waals surface area contributed by atoms with E-state index in [0.29, 0.717) is 42.8 Å². The number of halogens is 2. The van der Waals surface area contributed by atoms with Crippen LogP contribution >= 0.6 is 27.5 Å². The summed E-state index contributed by atoms with van der Waals surface area (Å²) in [5.74, 6) is -0.404. The molecular weight excluding hydrogens is 356 g/mol. The number of aromatic nitrogens is 2. The van der Waals surface area contributed by atoms with Crippen LogP contribution in [0.2, 0.25) is 5.02 Å². The molecule has 4 rings (SSSR count). The highest BCUT2D eigenvalue weighted by Crippen LogP contribution is 2.36. The van der Waals surface area contributed by atoms with Gasteiger partial charge >= 0.3 is 0 Å². The van der Waals surface area contributed by atoms with Gasteiger partial charge in [0.2, 0.25) is 5.78 Å². The van der Waals surface area contributed by atoms with Crippen LogP contribution in [0.25, 0.3) is 10.9 Å². The second-order valence-corrected chi connectivity index (χ2v) is 6.03. The van der Waals surface area contributed by atoms with Gasteiger partial charge in [0.15, 0.2) is 5.78 Å². The Labute approximate surface area is 132 Å². The third-order valence-electron chi connectivity index (χ3n) is 3.60. The second-order valence-electron chi connectivity index (χ2n) is 4.77. The van der Waals surface area contributed by atoms with Gasteiger partial charge in [-0.15, -0.1) is 0 Å². The van der Waals surface area contributed by atoms with Gasteiger partial charge in [-0.25, -0.2) is 0 Å². The van der Waals surface area contributed by atoms with E-state index in [2.05, 4.69) is 25.9 Å². The quantitative estimate of drug-likeness (QED) is 0.519. The Morgan fingerprint density at radius 2 is 1.95 bits per heavy atom. The summed E-state index contributed by atoms with van der Waals surface area (Å²) in [5.41, 5.74) is 2.06. The molecule has 102 valence electrons. The molecule has 0 saturated carbocycles. The zero-order valence-corrected chi connectivity index (χ0v) is 12.7. The molecule has 1 aromatic carbocycles. The number of aromatic amines is 1. The molecule has 0 saturated heterocycles. The van der Waals surface area contributed by atoms with E-state index in [1.54, 1.807) is 18.2 Å². The molecule has 1 N–H and O–H groups in total.